The average Bonchev–Trinajstić information content (AvgIpc) is 2.40. The van der Waals surface area contributed by atoms with Crippen molar-refractivity contribution in [2.24, 2.45) is 5.41 Å². The van der Waals surface area contributed by atoms with Crippen LogP contribution in [0.3, 0.4) is 0 Å². The predicted octanol–water partition coefficient (Wildman–Crippen LogP) is 1.74. The normalized spacial score (nSPS) is 24.6. The zero-order valence-corrected chi connectivity index (χ0v) is 12.9. The first-order valence-electron chi connectivity index (χ1n) is 7.08. The minimum Gasteiger partial charge on any atom is -0.480 e. The Balaban J connectivity index is 2.63. The number of amides is 2. The van der Waals surface area contributed by atoms with E-state index < -0.39 is 17.5 Å². The lowest BCUT2D eigenvalue weighted by Gasteiger charge is -2.51. The smallest absolute Gasteiger partial charge is 0.329 e. The van der Waals surface area contributed by atoms with Crippen molar-refractivity contribution < 1.29 is 19.4 Å². The molecule has 0 heterocycles. The summed E-state index contributed by atoms with van der Waals surface area (Å²) in [5.74, 6) is -1.000. The summed E-state index contributed by atoms with van der Waals surface area (Å²) in [5, 5.41) is 14.8. The van der Waals surface area contributed by atoms with E-state index in [1.807, 2.05) is 13.8 Å². The number of nitrogens with one attached hydrogen (secondary N) is 2. The fourth-order valence-electron chi connectivity index (χ4n) is 2.72. The number of carboxylic acids is 1. The molecule has 2 atom stereocenters. The van der Waals surface area contributed by atoms with Crippen LogP contribution in [0.4, 0.5) is 4.79 Å². The first-order chi connectivity index (χ1) is 9.23. The first-order valence-corrected chi connectivity index (χ1v) is 7.08. The van der Waals surface area contributed by atoms with Gasteiger partial charge in [0.1, 0.15) is 5.54 Å². The molecule has 1 rings (SSSR count). The molecule has 0 spiro atoms. The van der Waals surface area contributed by atoms with Gasteiger partial charge in [-0.1, -0.05) is 27.7 Å². The molecule has 1 saturated carbocycles. The van der Waals surface area contributed by atoms with Crippen LogP contribution in [-0.4, -0.2) is 41.9 Å². The molecule has 1 fully saturated rings. The van der Waals surface area contributed by atoms with Crippen LogP contribution in [0.15, 0.2) is 0 Å². The quantitative estimate of drug-likeness (QED) is 0.694. The Hall–Kier alpha value is -1.30. The lowest BCUT2D eigenvalue weighted by Crippen LogP contribution is -2.65. The van der Waals surface area contributed by atoms with Crippen molar-refractivity contribution in [3.63, 3.8) is 0 Å². The van der Waals surface area contributed by atoms with Crippen LogP contribution in [0.2, 0.25) is 0 Å². The van der Waals surface area contributed by atoms with Gasteiger partial charge in [-0.25, -0.2) is 9.59 Å². The molecular formula is C14H26N2O4. The fourth-order valence-corrected chi connectivity index (χ4v) is 2.72. The van der Waals surface area contributed by atoms with Gasteiger partial charge >= 0.3 is 12.0 Å². The Bertz CT molecular complexity index is 377. The summed E-state index contributed by atoms with van der Waals surface area (Å²) < 4.78 is 5.33. The summed E-state index contributed by atoms with van der Waals surface area (Å²) in [7, 11) is 1.66. The van der Waals surface area contributed by atoms with Crippen molar-refractivity contribution >= 4 is 12.0 Å². The molecule has 0 bridgehead atoms. The highest BCUT2D eigenvalue weighted by atomic mass is 16.5. The van der Waals surface area contributed by atoms with Crippen molar-refractivity contribution in [1.82, 2.24) is 10.6 Å². The minimum atomic E-state index is -1.20. The van der Waals surface area contributed by atoms with Gasteiger partial charge in [-0.2, -0.15) is 0 Å². The van der Waals surface area contributed by atoms with Gasteiger partial charge in [-0.3, -0.25) is 0 Å². The average molecular weight is 286 g/mol. The van der Waals surface area contributed by atoms with Crippen LogP contribution in [0, 0.1) is 5.41 Å². The Morgan fingerprint density at radius 2 is 1.90 bits per heavy atom. The van der Waals surface area contributed by atoms with E-state index in [-0.39, 0.29) is 17.6 Å². The Kier molecular flexibility index (Phi) is 5.02. The summed E-state index contributed by atoms with van der Waals surface area (Å²) in [6.45, 7) is 7.57. The zero-order chi connectivity index (χ0) is 15.6. The second kappa shape index (κ2) is 5.99. The summed E-state index contributed by atoms with van der Waals surface area (Å²) in [6.07, 6.45) is 1.56. The van der Waals surface area contributed by atoms with Crippen LogP contribution in [0.5, 0.6) is 0 Å². The molecule has 2 unspecified atom stereocenters. The molecule has 0 saturated heterocycles. The van der Waals surface area contributed by atoms with Crippen LogP contribution in [0.25, 0.3) is 0 Å². The van der Waals surface area contributed by atoms with Crippen molar-refractivity contribution in [3.05, 3.63) is 0 Å². The summed E-state index contributed by atoms with van der Waals surface area (Å²) in [5.41, 5.74) is -1.34. The molecule has 0 aromatic carbocycles. The number of carbonyl (C=O) groups is 2. The van der Waals surface area contributed by atoms with Gasteiger partial charge in [0.05, 0.1) is 6.10 Å². The number of hydrogen-bond acceptors (Lipinski definition) is 3. The zero-order valence-electron chi connectivity index (χ0n) is 12.9. The van der Waals surface area contributed by atoms with E-state index in [9.17, 15) is 14.7 Å². The Labute approximate surface area is 120 Å². The molecule has 20 heavy (non-hydrogen) atoms. The maximum Gasteiger partial charge on any atom is 0.329 e. The highest BCUT2D eigenvalue weighted by Crippen LogP contribution is 2.42. The van der Waals surface area contributed by atoms with Crippen molar-refractivity contribution in [2.45, 2.75) is 64.6 Å². The third-order valence-corrected chi connectivity index (χ3v) is 4.74. The molecule has 6 nitrogen and oxygen atoms in total. The third-order valence-electron chi connectivity index (χ3n) is 4.74. The first kappa shape index (κ1) is 16.8. The third kappa shape index (κ3) is 2.90. The van der Waals surface area contributed by atoms with E-state index in [1.165, 1.54) is 0 Å². The molecule has 0 aromatic heterocycles. The second-order valence-corrected chi connectivity index (χ2v) is 6.03. The second-order valence-electron chi connectivity index (χ2n) is 6.03. The van der Waals surface area contributed by atoms with Crippen LogP contribution in [-0.2, 0) is 9.53 Å². The standard InChI is InChI=1S/C14H26N2O4/c1-6-14(7-2,11(17)18)16-12(19)15-9-8-10(20-5)13(9,3)4/h9-10H,6-8H2,1-5H3,(H,17,18)(H2,15,16,19). The van der Waals surface area contributed by atoms with Crippen molar-refractivity contribution in [3.8, 4) is 0 Å². The molecule has 3 N–H and O–H groups in total. The molecule has 0 aliphatic heterocycles. The minimum absolute atomic E-state index is 0.00680. The fraction of sp³-hybridized carbons (Fsp3) is 0.857. The van der Waals surface area contributed by atoms with Gasteiger partial charge in [0.15, 0.2) is 0 Å². The van der Waals surface area contributed by atoms with Gasteiger partial charge < -0.3 is 20.5 Å². The number of hydrogen-bond donors (Lipinski definition) is 3. The van der Waals surface area contributed by atoms with Gasteiger partial charge in [-0.05, 0) is 19.3 Å². The maximum atomic E-state index is 12.0. The number of rotatable bonds is 6. The number of carboxylic acid groups (broad SMARTS) is 1. The van der Waals surface area contributed by atoms with Crippen LogP contribution < -0.4 is 10.6 Å². The molecule has 0 radical (unpaired) electrons. The number of methoxy groups -OCH3 is 1. The summed E-state index contributed by atoms with van der Waals surface area (Å²) in [6, 6.07) is -0.434. The van der Waals surface area contributed by atoms with Crippen LogP contribution >= 0.6 is 0 Å². The summed E-state index contributed by atoms with van der Waals surface area (Å²) >= 11 is 0. The van der Waals surface area contributed by atoms with E-state index >= 15 is 0 Å². The molecule has 6 heteroatoms. The lowest BCUT2D eigenvalue weighted by molar-refractivity contribution is -0.144. The van der Waals surface area contributed by atoms with E-state index in [0.29, 0.717) is 12.8 Å². The number of carbonyl (C=O) groups excluding carboxylic acids is 1. The highest BCUT2D eigenvalue weighted by molar-refractivity contribution is 5.86. The van der Waals surface area contributed by atoms with E-state index in [1.54, 1.807) is 21.0 Å². The van der Waals surface area contributed by atoms with E-state index in [0.717, 1.165) is 6.42 Å². The Morgan fingerprint density at radius 3 is 2.25 bits per heavy atom. The van der Waals surface area contributed by atoms with Gasteiger partial charge in [0, 0.05) is 18.6 Å². The molecule has 2 amide bonds. The van der Waals surface area contributed by atoms with Gasteiger partial charge in [-0.15, -0.1) is 0 Å². The lowest BCUT2D eigenvalue weighted by atomic mass is 9.64. The van der Waals surface area contributed by atoms with E-state index in [2.05, 4.69) is 10.6 Å². The number of urea groups is 1. The Morgan fingerprint density at radius 1 is 1.35 bits per heavy atom. The topological polar surface area (TPSA) is 87.7 Å². The molecular weight excluding hydrogens is 260 g/mol. The molecule has 116 valence electrons. The maximum absolute atomic E-state index is 12.0. The summed E-state index contributed by atoms with van der Waals surface area (Å²) in [4.78, 5) is 23.4. The highest BCUT2D eigenvalue weighted by Gasteiger charge is 2.49. The van der Waals surface area contributed by atoms with Crippen molar-refractivity contribution in [1.29, 1.82) is 0 Å². The monoisotopic (exact) mass is 286 g/mol. The predicted molar refractivity (Wildman–Crippen MR) is 75.6 cm³/mol. The number of ether oxygens (including phenoxy) is 1. The largest absolute Gasteiger partial charge is 0.480 e. The van der Waals surface area contributed by atoms with Crippen LogP contribution in [0.1, 0.15) is 47.0 Å². The van der Waals surface area contributed by atoms with Crippen molar-refractivity contribution in [2.75, 3.05) is 7.11 Å². The number of aliphatic carboxylic acids is 1. The molecule has 0 aromatic rings. The molecule has 1 aliphatic carbocycles. The molecule has 1 aliphatic rings. The van der Waals surface area contributed by atoms with E-state index in [4.69, 9.17) is 4.74 Å². The SMILES string of the molecule is CCC(CC)(NC(=O)NC1CC(OC)C1(C)C)C(=O)O. The van der Waals surface area contributed by atoms with Gasteiger partial charge in [0.2, 0.25) is 0 Å². The van der Waals surface area contributed by atoms with Gasteiger partial charge in [0.25, 0.3) is 0 Å².